The van der Waals surface area contributed by atoms with Gasteiger partial charge in [0.05, 0.1) is 32.2 Å². The van der Waals surface area contributed by atoms with Crippen LogP contribution in [-0.4, -0.2) is 50.0 Å². The van der Waals surface area contributed by atoms with Crippen LogP contribution in [0.1, 0.15) is 24.2 Å². The Morgan fingerprint density at radius 1 is 0.919 bits per heavy atom. The third-order valence-electron chi connectivity index (χ3n) is 6.17. The molecule has 37 heavy (non-hydrogen) atoms. The van der Waals surface area contributed by atoms with Crippen molar-refractivity contribution < 1.29 is 19.0 Å². The van der Waals surface area contributed by atoms with Crippen LogP contribution in [0.4, 0.5) is 5.69 Å². The first-order valence-electron chi connectivity index (χ1n) is 11.9. The van der Waals surface area contributed by atoms with Crippen molar-refractivity contribution in [1.82, 2.24) is 9.66 Å². The zero-order valence-corrected chi connectivity index (χ0v) is 21.6. The second-order valence-electron chi connectivity index (χ2n) is 8.17. The standard InChI is InChI=1S/C28H30N4O5/c1-6-31(7-2)20-14-12-18(13-15-20)27(33)30-32-26(29-22-11-9-8-10-21(22)28(32)34)19-16-23(35-3)25(37-5)24(17-19)36-4/h8-17H,6-7H2,1-5H3,(H,30,33). The molecule has 0 bridgehead atoms. The van der Waals surface area contributed by atoms with E-state index in [9.17, 15) is 9.59 Å². The highest BCUT2D eigenvalue weighted by Gasteiger charge is 2.20. The van der Waals surface area contributed by atoms with Gasteiger partial charge in [-0.15, -0.1) is 0 Å². The van der Waals surface area contributed by atoms with Gasteiger partial charge in [0.2, 0.25) is 5.75 Å². The first-order chi connectivity index (χ1) is 17.9. The number of aromatic nitrogens is 2. The highest BCUT2D eigenvalue weighted by molar-refractivity contribution is 6.00. The molecule has 0 aliphatic rings. The fourth-order valence-electron chi connectivity index (χ4n) is 4.22. The summed E-state index contributed by atoms with van der Waals surface area (Å²) in [5.74, 6) is 0.962. The highest BCUT2D eigenvalue weighted by atomic mass is 16.5. The summed E-state index contributed by atoms with van der Waals surface area (Å²) < 4.78 is 17.6. The van der Waals surface area contributed by atoms with Gasteiger partial charge in [-0.05, 0) is 62.4 Å². The van der Waals surface area contributed by atoms with E-state index < -0.39 is 11.5 Å². The molecule has 1 N–H and O–H groups in total. The van der Waals surface area contributed by atoms with Crippen LogP contribution in [0.25, 0.3) is 22.3 Å². The van der Waals surface area contributed by atoms with Gasteiger partial charge < -0.3 is 19.1 Å². The zero-order chi connectivity index (χ0) is 26.5. The van der Waals surface area contributed by atoms with E-state index in [-0.39, 0.29) is 5.82 Å². The third-order valence-corrected chi connectivity index (χ3v) is 6.17. The van der Waals surface area contributed by atoms with Gasteiger partial charge in [-0.3, -0.25) is 15.0 Å². The van der Waals surface area contributed by atoms with Crippen molar-refractivity contribution >= 4 is 22.5 Å². The maximum atomic E-state index is 13.6. The third kappa shape index (κ3) is 4.93. The summed E-state index contributed by atoms with van der Waals surface area (Å²) >= 11 is 0. The number of carbonyl (C=O) groups excluding carboxylic acids is 1. The Bertz CT molecular complexity index is 1450. The van der Waals surface area contributed by atoms with Crippen molar-refractivity contribution in [2.24, 2.45) is 0 Å². The molecule has 0 aliphatic heterocycles. The summed E-state index contributed by atoms with van der Waals surface area (Å²) in [6.07, 6.45) is 0. The zero-order valence-electron chi connectivity index (χ0n) is 21.6. The molecule has 1 amide bonds. The number of hydrogen-bond donors (Lipinski definition) is 1. The topological polar surface area (TPSA) is 94.9 Å². The van der Waals surface area contributed by atoms with Gasteiger partial charge in [0, 0.05) is 29.9 Å². The Hall–Kier alpha value is -4.53. The normalized spacial score (nSPS) is 10.7. The quantitative estimate of drug-likeness (QED) is 0.364. The van der Waals surface area contributed by atoms with Crippen LogP contribution in [0.3, 0.4) is 0 Å². The molecular weight excluding hydrogens is 472 g/mol. The molecule has 1 heterocycles. The number of carbonyl (C=O) groups is 1. The van der Waals surface area contributed by atoms with E-state index in [1.165, 1.54) is 21.3 Å². The van der Waals surface area contributed by atoms with Gasteiger partial charge in [-0.1, -0.05) is 12.1 Å². The number of rotatable bonds is 9. The van der Waals surface area contributed by atoms with Crippen LogP contribution >= 0.6 is 0 Å². The number of benzene rings is 3. The smallest absolute Gasteiger partial charge is 0.280 e. The lowest BCUT2D eigenvalue weighted by Crippen LogP contribution is -2.35. The van der Waals surface area contributed by atoms with E-state index in [1.807, 2.05) is 12.1 Å². The molecule has 4 aromatic rings. The van der Waals surface area contributed by atoms with Crippen molar-refractivity contribution in [3.63, 3.8) is 0 Å². The SMILES string of the molecule is CCN(CC)c1ccc(C(=O)Nn2c(-c3cc(OC)c(OC)c(OC)c3)nc3ccccc3c2=O)cc1. The average molecular weight is 503 g/mol. The van der Waals surface area contributed by atoms with E-state index >= 15 is 0 Å². The molecule has 9 heteroatoms. The van der Waals surface area contributed by atoms with E-state index in [4.69, 9.17) is 19.2 Å². The van der Waals surface area contributed by atoms with Crippen LogP contribution in [0.2, 0.25) is 0 Å². The molecule has 0 fully saturated rings. The minimum Gasteiger partial charge on any atom is -0.493 e. The first kappa shape index (κ1) is 25.6. The molecule has 0 saturated heterocycles. The van der Waals surface area contributed by atoms with Crippen LogP contribution in [0.15, 0.2) is 65.5 Å². The van der Waals surface area contributed by atoms with Crippen molar-refractivity contribution in [3.05, 3.63) is 76.6 Å². The Kier molecular flexibility index (Phi) is 7.62. The first-order valence-corrected chi connectivity index (χ1v) is 11.9. The summed E-state index contributed by atoms with van der Waals surface area (Å²) in [7, 11) is 4.52. The Morgan fingerprint density at radius 2 is 1.54 bits per heavy atom. The van der Waals surface area contributed by atoms with Crippen LogP contribution in [0.5, 0.6) is 17.2 Å². The van der Waals surface area contributed by atoms with E-state index in [0.29, 0.717) is 39.3 Å². The van der Waals surface area contributed by atoms with Crippen LogP contribution in [0, 0.1) is 0 Å². The monoisotopic (exact) mass is 502 g/mol. The number of hydrogen-bond acceptors (Lipinski definition) is 7. The number of fused-ring (bicyclic) bond motifs is 1. The van der Waals surface area contributed by atoms with Crippen LogP contribution in [-0.2, 0) is 0 Å². The molecule has 0 unspecified atom stereocenters. The van der Waals surface area contributed by atoms with Crippen molar-refractivity contribution in [2.45, 2.75) is 13.8 Å². The molecule has 0 radical (unpaired) electrons. The second-order valence-corrected chi connectivity index (χ2v) is 8.17. The molecule has 4 rings (SSSR count). The van der Waals surface area contributed by atoms with Gasteiger partial charge in [0.15, 0.2) is 17.3 Å². The lowest BCUT2D eigenvalue weighted by atomic mass is 10.1. The van der Waals surface area contributed by atoms with Gasteiger partial charge in [0.25, 0.3) is 11.5 Å². The summed E-state index contributed by atoms with van der Waals surface area (Å²) in [6.45, 7) is 5.87. The fourth-order valence-corrected chi connectivity index (χ4v) is 4.22. The second kappa shape index (κ2) is 11.0. The number of para-hydroxylation sites is 1. The lowest BCUT2D eigenvalue weighted by molar-refractivity contribution is 0.101. The summed E-state index contributed by atoms with van der Waals surface area (Å²) in [5, 5.41) is 0.371. The van der Waals surface area contributed by atoms with Crippen molar-refractivity contribution in [1.29, 1.82) is 0 Å². The van der Waals surface area contributed by atoms with E-state index in [1.54, 1.807) is 48.5 Å². The average Bonchev–Trinajstić information content (AvgIpc) is 2.94. The number of nitrogens with one attached hydrogen (secondary N) is 1. The molecule has 9 nitrogen and oxygen atoms in total. The van der Waals surface area contributed by atoms with Crippen molar-refractivity contribution in [2.75, 3.05) is 44.7 Å². The number of methoxy groups -OCH3 is 3. The molecule has 192 valence electrons. The minimum atomic E-state index is -0.445. The largest absolute Gasteiger partial charge is 0.493 e. The molecule has 0 spiro atoms. The van der Waals surface area contributed by atoms with Gasteiger partial charge in [-0.25, -0.2) is 4.98 Å². The van der Waals surface area contributed by atoms with E-state index in [2.05, 4.69) is 24.2 Å². The maximum Gasteiger partial charge on any atom is 0.280 e. The number of amides is 1. The molecule has 0 atom stereocenters. The molecule has 3 aromatic carbocycles. The number of ether oxygens (including phenoxy) is 3. The predicted octanol–water partition coefficient (Wildman–Crippen LogP) is 4.32. The predicted molar refractivity (Wildman–Crippen MR) is 145 cm³/mol. The number of anilines is 1. The van der Waals surface area contributed by atoms with Gasteiger partial charge in [-0.2, -0.15) is 4.68 Å². The maximum absolute atomic E-state index is 13.6. The lowest BCUT2D eigenvalue weighted by Gasteiger charge is -2.21. The molecular formula is C28H30N4O5. The van der Waals surface area contributed by atoms with Crippen molar-refractivity contribution in [3.8, 4) is 28.6 Å². The fraction of sp³-hybridized carbons (Fsp3) is 0.250. The Balaban J connectivity index is 1.84. The minimum absolute atomic E-state index is 0.219. The molecule has 0 saturated carbocycles. The summed E-state index contributed by atoms with van der Waals surface area (Å²) in [4.78, 5) is 33.7. The summed E-state index contributed by atoms with van der Waals surface area (Å²) in [6, 6.07) is 17.6. The van der Waals surface area contributed by atoms with E-state index in [0.717, 1.165) is 23.5 Å². The van der Waals surface area contributed by atoms with Gasteiger partial charge >= 0.3 is 0 Å². The molecule has 1 aromatic heterocycles. The Morgan fingerprint density at radius 3 is 2.11 bits per heavy atom. The Labute approximate surface area is 215 Å². The van der Waals surface area contributed by atoms with Gasteiger partial charge in [0.1, 0.15) is 0 Å². The van der Waals surface area contributed by atoms with Crippen LogP contribution < -0.4 is 30.1 Å². The number of nitrogens with zero attached hydrogens (tertiary/aromatic N) is 3. The molecule has 0 aliphatic carbocycles. The highest BCUT2D eigenvalue weighted by Crippen LogP contribution is 2.40. The summed E-state index contributed by atoms with van der Waals surface area (Å²) in [5.41, 5.74) is 4.74.